The second kappa shape index (κ2) is 6.16. The van der Waals surface area contributed by atoms with Crippen molar-refractivity contribution in [3.8, 4) is 0 Å². The highest BCUT2D eigenvalue weighted by molar-refractivity contribution is 5.75. The zero-order chi connectivity index (χ0) is 15.8. The fourth-order valence-electron chi connectivity index (χ4n) is 4.69. The summed E-state index contributed by atoms with van der Waals surface area (Å²) >= 11 is 0. The average molecular weight is 313 g/mol. The largest absolute Gasteiger partial charge is 0.337 e. The molecule has 2 amide bonds. The first-order chi connectivity index (χ1) is 11.2. The van der Waals surface area contributed by atoms with E-state index in [2.05, 4.69) is 46.4 Å². The first-order valence-corrected chi connectivity index (χ1v) is 9.03. The number of amides is 2. The van der Waals surface area contributed by atoms with Crippen molar-refractivity contribution in [1.29, 1.82) is 0 Å². The Balaban J connectivity index is 1.34. The van der Waals surface area contributed by atoms with E-state index < -0.39 is 0 Å². The van der Waals surface area contributed by atoms with Crippen molar-refractivity contribution in [3.05, 3.63) is 35.4 Å². The molecule has 0 bridgehead atoms. The van der Waals surface area contributed by atoms with Crippen LogP contribution in [0.4, 0.5) is 4.79 Å². The van der Waals surface area contributed by atoms with Crippen LogP contribution in [-0.2, 0) is 6.42 Å². The van der Waals surface area contributed by atoms with Gasteiger partial charge < -0.3 is 15.1 Å². The third-order valence-corrected chi connectivity index (χ3v) is 5.99. The van der Waals surface area contributed by atoms with Crippen molar-refractivity contribution in [2.24, 2.45) is 5.92 Å². The van der Waals surface area contributed by atoms with Gasteiger partial charge in [0.1, 0.15) is 0 Å². The van der Waals surface area contributed by atoms with Crippen LogP contribution in [-0.4, -0.2) is 55.1 Å². The highest BCUT2D eigenvalue weighted by atomic mass is 16.2. The molecule has 4 rings (SSSR count). The van der Waals surface area contributed by atoms with Gasteiger partial charge in [-0.2, -0.15) is 0 Å². The molecular formula is C19H27N3O. The molecule has 23 heavy (non-hydrogen) atoms. The van der Waals surface area contributed by atoms with Gasteiger partial charge in [0, 0.05) is 31.6 Å². The second-order valence-electron chi connectivity index (χ2n) is 7.50. The van der Waals surface area contributed by atoms with Crippen molar-refractivity contribution in [2.45, 2.75) is 37.6 Å². The van der Waals surface area contributed by atoms with Gasteiger partial charge in [-0.1, -0.05) is 24.3 Å². The quantitative estimate of drug-likeness (QED) is 0.910. The molecule has 2 fully saturated rings. The summed E-state index contributed by atoms with van der Waals surface area (Å²) in [4.78, 5) is 17.2. The molecule has 2 saturated heterocycles. The van der Waals surface area contributed by atoms with Gasteiger partial charge in [-0.25, -0.2) is 4.79 Å². The summed E-state index contributed by atoms with van der Waals surface area (Å²) in [6.45, 7) is 3.97. The highest BCUT2D eigenvalue weighted by Crippen LogP contribution is 2.34. The van der Waals surface area contributed by atoms with Crippen molar-refractivity contribution in [2.75, 3.05) is 33.2 Å². The molecule has 0 radical (unpaired) electrons. The summed E-state index contributed by atoms with van der Waals surface area (Å²) in [5.74, 6) is 1.17. The summed E-state index contributed by atoms with van der Waals surface area (Å²) in [5.41, 5.74) is 2.86. The zero-order valence-corrected chi connectivity index (χ0v) is 14.0. The van der Waals surface area contributed by atoms with Gasteiger partial charge in [-0.05, 0) is 56.3 Å². The van der Waals surface area contributed by atoms with E-state index >= 15 is 0 Å². The number of piperidine rings is 2. The van der Waals surface area contributed by atoms with E-state index in [9.17, 15) is 4.79 Å². The van der Waals surface area contributed by atoms with Gasteiger partial charge in [-0.3, -0.25) is 0 Å². The Bertz CT molecular complexity index is 588. The summed E-state index contributed by atoms with van der Waals surface area (Å²) in [7, 11) is 2.20. The van der Waals surface area contributed by atoms with Gasteiger partial charge in [-0.15, -0.1) is 0 Å². The van der Waals surface area contributed by atoms with Crippen LogP contribution in [0.15, 0.2) is 24.3 Å². The standard InChI is InChI=1S/C19H27N3O/c1-21-10-8-18-15(13-21)6-4-9-22(18)19(23)20-12-16-11-14-5-2-3-7-17(14)16/h2-3,5,7,15-16,18H,4,6,8-13H2,1H3,(H,20,23)/t15-,16-,18-/m1/s1. The Kier molecular flexibility index (Phi) is 4.02. The van der Waals surface area contributed by atoms with Crippen LogP contribution in [0.25, 0.3) is 0 Å². The minimum absolute atomic E-state index is 0.161. The van der Waals surface area contributed by atoms with E-state index in [1.807, 2.05) is 0 Å². The minimum Gasteiger partial charge on any atom is -0.337 e. The number of carbonyl (C=O) groups is 1. The Morgan fingerprint density at radius 3 is 3.00 bits per heavy atom. The molecule has 3 aliphatic rings. The van der Waals surface area contributed by atoms with Gasteiger partial charge in [0.15, 0.2) is 0 Å². The van der Waals surface area contributed by atoms with Crippen LogP contribution in [0.3, 0.4) is 0 Å². The fraction of sp³-hybridized carbons (Fsp3) is 0.632. The van der Waals surface area contributed by atoms with Gasteiger partial charge in [0.2, 0.25) is 0 Å². The van der Waals surface area contributed by atoms with Gasteiger partial charge in [0.25, 0.3) is 0 Å². The highest BCUT2D eigenvalue weighted by Gasteiger charge is 2.37. The average Bonchev–Trinajstić information content (AvgIpc) is 2.54. The summed E-state index contributed by atoms with van der Waals surface area (Å²) in [6.07, 6.45) is 4.65. The molecule has 2 aliphatic heterocycles. The Labute approximate surface area is 138 Å². The topological polar surface area (TPSA) is 35.6 Å². The molecular weight excluding hydrogens is 286 g/mol. The lowest BCUT2D eigenvalue weighted by atomic mass is 9.77. The van der Waals surface area contributed by atoms with Crippen molar-refractivity contribution in [1.82, 2.24) is 15.1 Å². The second-order valence-corrected chi connectivity index (χ2v) is 7.50. The SMILES string of the molecule is CN1CC[C@@H]2[C@H](CCCN2C(=O)NC[C@H]2Cc3ccccc32)C1. The van der Waals surface area contributed by atoms with Crippen LogP contribution < -0.4 is 5.32 Å². The van der Waals surface area contributed by atoms with E-state index in [-0.39, 0.29) is 6.03 Å². The third kappa shape index (κ3) is 2.85. The number of nitrogens with one attached hydrogen (secondary N) is 1. The number of rotatable bonds is 2. The maximum atomic E-state index is 12.7. The molecule has 124 valence electrons. The van der Waals surface area contributed by atoms with Crippen molar-refractivity contribution in [3.63, 3.8) is 0 Å². The monoisotopic (exact) mass is 313 g/mol. The molecule has 0 aromatic heterocycles. The number of fused-ring (bicyclic) bond motifs is 2. The normalized spacial score (nSPS) is 30.1. The van der Waals surface area contributed by atoms with E-state index in [0.29, 0.717) is 17.9 Å². The Morgan fingerprint density at radius 1 is 1.26 bits per heavy atom. The number of carbonyl (C=O) groups excluding carboxylic acids is 1. The number of benzene rings is 1. The first-order valence-electron chi connectivity index (χ1n) is 9.03. The first kappa shape index (κ1) is 15.0. The van der Waals surface area contributed by atoms with Crippen molar-refractivity contribution >= 4 is 6.03 Å². The van der Waals surface area contributed by atoms with Gasteiger partial charge in [0.05, 0.1) is 0 Å². The number of urea groups is 1. The molecule has 0 unspecified atom stereocenters. The number of hydrogen-bond acceptors (Lipinski definition) is 2. The molecule has 4 nitrogen and oxygen atoms in total. The van der Waals surface area contributed by atoms with Crippen LogP contribution in [0, 0.1) is 5.92 Å². The lowest BCUT2D eigenvalue weighted by molar-refractivity contribution is 0.0532. The fourth-order valence-corrected chi connectivity index (χ4v) is 4.69. The molecule has 1 aromatic carbocycles. The van der Waals surface area contributed by atoms with E-state index in [4.69, 9.17) is 0 Å². The molecule has 4 heteroatoms. The predicted octanol–water partition coefficient (Wildman–Crippen LogP) is 2.45. The predicted molar refractivity (Wildman–Crippen MR) is 91.6 cm³/mol. The Hall–Kier alpha value is -1.55. The lowest BCUT2D eigenvalue weighted by Crippen LogP contribution is -2.57. The number of nitrogens with zero attached hydrogens (tertiary/aromatic N) is 2. The van der Waals surface area contributed by atoms with Crippen LogP contribution in [0.1, 0.15) is 36.3 Å². The van der Waals surface area contributed by atoms with Gasteiger partial charge >= 0.3 is 6.03 Å². The maximum absolute atomic E-state index is 12.7. The molecule has 1 N–H and O–H groups in total. The third-order valence-electron chi connectivity index (χ3n) is 5.99. The number of likely N-dealkylation sites (tertiary alicyclic amines) is 2. The summed E-state index contributed by atoms with van der Waals surface area (Å²) in [6, 6.07) is 9.20. The molecule has 3 atom stereocenters. The van der Waals surface area contributed by atoms with Crippen LogP contribution >= 0.6 is 0 Å². The van der Waals surface area contributed by atoms with E-state index in [1.165, 1.54) is 17.5 Å². The smallest absolute Gasteiger partial charge is 0.317 e. The summed E-state index contributed by atoms with van der Waals surface area (Å²) in [5, 5.41) is 3.21. The number of hydrogen-bond donors (Lipinski definition) is 1. The molecule has 0 spiro atoms. The van der Waals surface area contributed by atoms with E-state index in [0.717, 1.165) is 45.4 Å². The Morgan fingerprint density at radius 2 is 2.13 bits per heavy atom. The minimum atomic E-state index is 0.161. The van der Waals surface area contributed by atoms with Crippen molar-refractivity contribution < 1.29 is 4.79 Å². The summed E-state index contributed by atoms with van der Waals surface area (Å²) < 4.78 is 0. The molecule has 1 aliphatic carbocycles. The zero-order valence-electron chi connectivity index (χ0n) is 14.0. The van der Waals surface area contributed by atoms with Crippen LogP contribution in [0.2, 0.25) is 0 Å². The lowest BCUT2D eigenvalue weighted by Gasteiger charge is -2.46. The molecule has 0 saturated carbocycles. The maximum Gasteiger partial charge on any atom is 0.317 e. The molecule has 1 aromatic rings. The van der Waals surface area contributed by atoms with E-state index in [1.54, 1.807) is 0 Å². The molecule has 2 heterocycles. The van der Waals surface area contributed by atoms with Crippen LogP contribution in [0.5, 0.6) is 0 Å².